The van der Waals surface area contributed by atoms with Gasteiger partial charge in [-0.05, 0) is 38.0 Å². The molecular weight excluding hydrogens is 368 g/mol. The molecule has 0 aliphatic heterocycles. The van der Waals surface area contributed by atoms with Crippen molar-refractivity contribution in [1.29, 1.82) is 0 Å². The first kappa shape index (κ1) is 22.0. The zero-order chi connectivity index (χ0) is 20.4. The number of rotatable bonds is 10. The summed E-state index contributed by atoms with van der Waals surface area (Å²) in [4.78, 5) is 28.3. The second-order valence-electron chi connectivity index (χ2n) is 6.89. The molecule has 0 fully saturated rings. The predicted octanol–water partition coefficient (Wildman–Crippen LogP) is 4.42. The van der Waals surface area contributed by atoms with E-state index in [2.05, 4.69) is 11.4 Å². The molecular formula is C23H30N2O2S. The van der Waals surface area contributed by atoms with Gasteiger partial charge in [-0.3, -0.25) is 9.59 Å². The molecule has 0 aliphatic carbocycles. The van der Waals surface area contributed by atoms with Crippen LogP contribution in [-0.2, 0) is 16.1 Å². The predicted molar refractivity (Wildman–Crippen MR) is 116 cm³/mol. The second kappa shape index (κ2) is 11.5. The average Bonchev–Trinajstić information content (AvgIpc) is 2.70. The molecule has 2 aromatic carbocycles. The number of carbonyl (C=O) groups excluding carboxylic acids is 2. The van der Waals surface area contributed by atoms with Gasteiger partial charge >= 0.3 is 0 Å². The molecule has 2 rings (SSSR count). The molecule has 1 atom stereocenters. The lowest BCUT2D eigenvalue weighted by Crippen LogP contribution is -2.47. The van der Waals surface area contributed by atoms with Crippen molar-refractivity contribution in [3.63, 3.8) is 0 Å². The van der Waals surface area contributed by atoms with Gasteiger partial charge in [0.25, 0.3) is 0 Å². The summed E-state index contributed by atoms with van der Waals surface area (Å²) < 4.78 is 0. The molecule has 5 heteroatoms. The lowest BCUT2D eigenvalue weighted by atomic mass is 10.1. The largest absolute Gasteiger partial charge is 0.354 e. The summed E-state index contributed by atoms with van der Waals surface area (Å²) in [6.45, 7) is 6.92. The zero-order valence-electron chi connectivity index (χ0n) is 17.0. The van der Waals surface area contributed by atoms with Crippen molar-refractivity contribution in [2.75, 3.05) is 12.3 Å². The topological polar surface area (TPSA) is 49.4 Å². The number of carbonyl (C=O) groups is 2. The first-order chi connectivity index (χ1) is 13.5. The number of amides is 2. The van der Waals surface area contributed by atoms with E-state index in [0.717, 1.165) is 22.4 Å². The monoisotopic (exact) mass is 398 g/mol. The van der Waals surface area contributed by atoms with E-state index >= 15 is 0 Å². The lowest BCUT2D eigenvalue weighted by Gasteiger charge is -2.29. The van der Waals surface area contributed by atoms with Crippen LogP contribution in [0.2, 0.25) is 0 Å². The van der Waals surface area contributed by atoms with E-state index in [1.807, 2.05) is 69.3 Å². The minimum absolute atomic E-state index is 0.00378. The minimum Gasteiger partial charge on any atom is -0.354 e. The number of aryl methyl sites for hydroxylation is 1. The molecule has 0 radical (unpaired) electrons. The van der Waals surface area contributed by atoms with Crippen LogP contribution in [0.4, 0.5) is 0 Å². The molecule has 150 valence electrons. The maximum atomic E-state index is 13.0. The summed E-state index contributed by atoms with van der Waals surface area (Å²) in [6, 6.07) is 17.6. The van der Waals surface area contributed by atoms with Gasteiger partial charge in [-0.25, -0.2) is 0 Å². The third-order valence-corrected chi connectivity index (χ3v) is 5.49. The van der Waals surface area contributed by atoms with Crippen molar-refractivity contribution >= 4 is 23.6 Å². The Labute approximate surface area is 172 Å². The first-order valence-corrected chi connectivity index (χ1v) is 10.8. The van der Waals surface area contributed by atoms with Gasteiger partial charge < -0.3 is 10.2 Å². The van der Waals surface area contributed by atoms with Crippen LogP contribution >= 0.6 is 11.8 Å². The van der Waals surface area contributed by atoms with Gasteiger partial charge in [0.1, 0.15) is 6.04 Å². The summed E-state index contributed by atoms with van der Waals surface area (Å²) in [6.07, 6.45) is 1.27. The summed E-state index contributed by atoms with van der Waals surface area (Å²) in [7, 11) is 0. The van der Waals surface area contributed by atoms with Crippen molar-refractivity contribution in [3.8, 4) is 0 Å². The van der Waals surface area contributed by atoms with Gasteiger partial charge in [0.2, 0.25) is 11.8 Å². The maximum Gasteiger partial charge on any atom is 0.242 e. The van der Waals surface area contributed by atoms with E-state index in [9.17, 15) is 9.59 Å². The van der Waals surface area contributed by atoms with E-state index in [0.29, 0.717) is 25.3 Å². The van der Waals surface area contributed by atoms with E-state index in [1.165, 1.54) is 0 Å². The number of thioether (sulfide) groups is 1. The molecule has 0 heterocycles. The summed E-state index contributed by atoms with van der Waals surface area (Å²) in [5.41, 5.74) is 2.19. The molecule has 0 unspecified atom stereocenters. The molecule has 1 N–H and O–H groups in total. The molecule has 4 nitrogen and oxygen atoms in total. The van der Waals surface area contributed by atoms with Crippen LogP contribution in [0.3, 0.4) is 0 Å². The molecule has 0 saturated heterocycles. The molecule has 2 aromatic rings. The molecule has 0 aromatic heterocycles. The second-order valence-corrected chi connectivity index (χ2v) is 8.06. The van der Waals surface area contributed by atoms with Crippen molar-refractivity contribution in [2.24, 2.45) is 0 Å². The van der Waals surface area contributed by atoms with E-state index < -0.39 is 6.04 Å². The Morgan fingerprint density at radius 3 is 2.54 bits per heavy atom. The number of benzene rings is 2. The smallest absolute Gasteiger partial charge is 0.242 e. The van der Waals surface area contributed by atoms with Gasteiger partial charge in [0.05, 0.1) is 0 Å². The number of nitrogens with zero attached hydrogens (tertiary/aromatic N) is 1. The Balaban J connectivity index is 2.04. The van der Waals surface area contributed by atoms with Gasteiger partial charge in [-0.15, -0.1) is 11.8 Å². The summed E-state index contributed by atoms with van der Waals surface area (Å²) in [5, 5.41) is 2.91. The maximum absolute atomic E-state index is 13.0. The fraction of sp³-hybridized carbons (Fsp3) is 0.391. The van der Waals surface area contributed by atoms with Crippen molar-refractivity contribution in [2.45, 2.75) is 51.1 Å². The summed E-state index contributed by atoms with van der Waals surface area (Å²) >= 11 is 1.66. The highest BCUT2D eigenvalue weighted by Crippen LogP contribution is 2.19. The Morgan fingerprint density at radius 2 is 1.86 bits per heavy atom. The van der Waals surface area contributed by atoms with E-state index in [4.69, 9.17) is 0 Å². The van der Waals surface area contributed by atoms with Crippen LogP contribution in [0.1, 0.15) is 37.8 Å². The molecule has 0 saturated carbocycles. The number of hydrogen-bond acceptors (Lipinski definition) is 3. The standard InChI is InChI=1S/C23H30N2O2S/c1-4-14-24-23(27)19(3)25(17-20-10-8-9-18(2)16-20)22(26)13-15-28-21-11-6-5-7-12-21/h5-12,16,19H,4,13-15,17H2,1-3H3,(H,24,27)/t19-/m1/s1. The van der Waals surface area contributed by atoms with Gasteiger partial charge in [-0.1, -0.05) is 55.0 Å². The number of nitrogens with one attached hydrogen (secondary N) is 1. The van der Waals surface area contributed by atoms with Crippen LogP contribution in [0.25, 0.3) is 0 Å². The molecule has 0 aliphatic rings. The summed E-state index contributed by atoms with van der Waals surface area (Å²) in [5.74, 6) is 0.596. The van der Waals surface area contributed by atoms with E-state index in [1.54, 1.807) is 16.7 Å². The van der Waals surface area contributed by atoms with Crippen LogP contribution in [0, 0.1) is 6.92 Å². The lowest BCUT2D eigenvalue weighted by molar-refractivity contribution is -0.140. The highest BCUT2D eigenvalue weighted by Gasteiger charge is 2.25. The van der Waals surface area contributed by atoms with Crippen molar-refractivity contribution < 1.29 is 9.59 Å². The van der Waals surface area contributed by atoms with Crippen molar-refractivity contribution in [1.82, 2.24) is 10.2 Å². The zero-order valence-corrected chi connectivity index (χ0v) is 17.8. The third-order valence-electron chi connectivity index (χ3n) is 4.48. The number of hydrogen-bond donors (Lipinski definition) is 1. The van der Waals surface area contributed by atoms with Crippen molar-refractivity contribution in [3.05, 3.63) is 65.7 Å². The minimum atomic E-state index is -0.499. The van der Waals surface area contributed by atoms with Crippen LogP contribution in [0.5, 0.6) is 0 Å². The van der Waals surface area contributed by atoms with E-state index in [-0.39, 0.29) is 11.8 Å². The fourth-order valence-corrected chi connectivity index (χ4v) is 3.76. The van der Waals surface area contributed by atoms with Gasteiger partial charge in [0.15, 0.2) is 0 Å². The Morgan fingerprint density at radius 1 is 1.11 bits per heavy atom. The Hall–Kier alpha value is -2.27. The van der Waals surface area contributed by atoms with Gasteiger partial charge in [0, 0.05) is 30.2 Å². The fourth-order valence-electron chi connectivity index (χ4n) is 2.90. The Bertz CT molecular complexity index is 764. The normalized spacial score (nSPS) is 11.7. The third kappa shape index (κ3) is 7.04. The van der Waals surface area contributed by atoms with Crippen LogP contribution < -0.4 is 5.32 Å². The molecule has 2 amide bonds. The first-order valence-electron chi connectivity index (χ1n) is 9.81. The van der Waals surface area contributed by atoms with Gasteiger partial charge in [-0.2, -0.15) is 0 Å². The molecule has 0 spiro atoms. The highest BCUT2D eigenvalue weighted by atomic mass is 32.2. The average molecular weight is 399 g/mol. The van der Waals surface area contributed by atoms with Crippen LogP contribution in [0.15, 0.2) is 59.5 Å². The Kier molecular flexibility index (Phi) is 9.08. The quantitative estimate of drug-likeness (QED) is 0.603. The highest BCUT2D eigenvalue weighted by molar-refractivity contribution is 7.99. The molecule has 28 heavy (non-hydrogen) atoms. The molecule has 0 bridgehead atoms. The van der Waals surface area contributed by atoms with Crippen LogP contribution in [-0.4, -0.2) is 35.1 Å². The SMILES string of the molecule is CCCNC(=O)[C@@H](C)N(Cc1cccc(C)c1)C(=O)CCSc1ccccc1.